The molecular formula is C22H15Br2N3O2S2. The molecule has 1 aromatic heterocycles. The number of halogens is 2. The number of nitrogens with zero attached hydrogens (tertiary/aromatic N) is 2. The van der Waals surface area contributed by atoms with Gasteiger partial charge in [0.25, 0.3) is 5.91 Å². The van der Waals surface area contributed by atoms with Gasteiger partial charge in [0, 0.05) is 21.4 Å². The van der Waals surface area contributed by atoms with E-state index in [0.717, 1.165) is 25.6 Å². The Morgan fingerprint density at radius 2 is 1.94 bits per heavy atom. The van der Waals surface area contributed by atoms with Crippen LogP contribution >= 0.6 is 55.0 Å². The number of aromatic nitrogens is 1. The summed E-state index contributed by atoms with van der Waals surface area (Å²) in [5, 5.41) is 14.0. The van der Waals surface area contributed by atoms with E-state index in [2.05, 4.69) is 53.4 Å². The summed E-state index contributed by atoms with van der Waals surface area (Å²) in [6.45, 7) is 0. The maximum absolute atomic E-state index is 12.3. The van der Waals surface area contributed by atoms with E-state index in [1.165, 1.54) is 10.9 Å². The average molecular weight is 577 g/mol. The number of hydrogen-bond donors (Lipinski definition) is 2. The maximum atomic E-state index is 12.3. The highest BCUT2D eigenvalue weighted by atomic mass is 79.9. The van der Waals surface area contributed by atoms with Crippen molar-refractivity contribution < 1.29 is 9.90 Å². The maximum Gasteiger partial charge on any atom is 0.271 e. The van der Waals surface area contributed by atoms with Crippen LogP contribution < -0.4 is 5.43 Å². The van der Waals surface area contributed by atoms with Gasteiger partial charge in [-0.3, -0.25) is 4.79 Å². The molecule has 9 heteroatoms. The highest BCUT2D eigenvalue weighted by Gasteiger charge is 2.08. The number of benzene rings is 3. The monoisotopic (exact) mass is 575 g/mol. The van der Waals surface area contributed by atoms with Crippen molar-refractivity contribution >= 4 is 77.3 Å². The van der Waals surface area contributed by atoms with Crippen molar-refractivity contribution in [3.05, 3.63) is 86.3 Å². The summed E-state index contributed by atoms with van der Waals surface area (Å²) in [6.07, 6.45) is 1.39. The van der Waals surface area contributed by atoms with E-state index in [4.69, 9.17) is 0 Å². The molecule has 1 heterocycles. The van der Waals surface area contributed by atoms with Crippen LogP contribution in [0.1, 0.15) is 21.5 Å². The molecule has 0 aliphatic heterocycles. The summed E-state index contributed by atoms with van der Waals surface area (Å²) in [5.74, 6) is 0.503. The molecule has 31 heavy (non-hydrogen) atoms. The number of carbonyl (C=O) groups is 1. The lowest BCUT2D eigenvalue weighted by molar-refractivity contribution is 0.0955. The fourth-order valence-electron chi connectivity index (χ4n) is 2.72. The fraction of sp³-hybridized carbons (Fsp3) is 0.0455. The summed E-state index contributed by atoms with van der Waals surface area (Å²) in [7, 11) is 0. The molecule has 0 saturated heterocycles. The van der Waals surface area contributed by atoms with Crippen LogP contribution in [-0.4, -0.2) is 22.2 Å². The predicted molar refractivity (Wildman–Crippen MR) is 134 cm³/mol. The lowest BCUT2D eigenvalue weighted by Crippen LogP contribution is -2.17. The molecule has 0 fully saturated rings. The molecule has 4 rings (SSSR count). The Hall–Kier alpha value is -2.20. The molecule has 3 aromatic carbocycles. The van der Waals surface area contributed by atoms with Crippen molar-refractivity contribution in [1.82, 2.24) is 10.4 Å². The smallest absolute Gasteiger partial charge is 0.271 e. The lowest BCUT2D eigenvalue weighted by atomic mass is 10.1. The Kier molecular flexibility index (Phi) is 7.06. The van der Waals surface area contributed by atoms with Crippen LogP contribution in [0.4, 0.5) is 0 Å². The van der Waals surface area contributed by atoms with Crippen LogP contribution in [0.5, 0.6) is 5.75 Å². The summed E-state index contributed by atoms with van der Waals surface area (Å²) in [6, 6.07) is 18.9. The second kappa shape index (κ2) is 9.95. The van der Waals surface area contributed by atoms with Crippen molar-refractivity contribution in [2.45, 2.75) is 10.1 Å². The van der Waals surface area contributed by atoms with Gasteiger partial charge in [-0.1, -0.05) is 52.0 Å². The molecule has 0 aliphatic carbocycles. The van der Waals surface area contributed by atoms with E-state index in [0.29, 0.717) is 15.6 Å². The molecule has 0 unspecified atom stereocenters. The zero-order valence-electron chi connectivity index (χ0n) is 15.9. The number of thioether (sulfide) groups is 1. The lowest BCUT2D eigenvalue weighted by Gasteiger charge is -2.04. The zero-order valence-corrected chi connectivity index (χ0v) is 20.7. The third kappa shape index (κ3) is 5.54. The molecule has 156 valence electrons. The summed E-state index contributed by atoms with van der Waals surface area (Å²) < 4.78 is 3.53. The number of hydrogen-bond acceptors (Lipinski definition) is 6. The van der Waals surface area contributed by atoms with E-state index in [1.54, 1.807) is 47.4 Å². The minimum absolute atomic E-state index is 0.0520. The number of rotatable bonds is 6. The first kappa shape index (κ1) is 22.0. The third-order valence-corrected chi connectivity index (χ3v) is 7.59. The molecule has 0 saturated carbocycles. The van der Waals surface area contributed by atoms with Crippen molar-refractivity contribution in [1.29, 1.82) is 0 Å². The van der Waals surface area contributed by atoms with Gasteiger partial charge in [0.05, 0.1) is 20.9 Å². The number of nitrogens with one attached hydrogen (secondary N) is 1. The number of aromatic hydroxyl groups is 1. The fourth-order valence-corrected chi connectivity index (χ4v) is 6.00. The largest absolute Gasteiger partial charge is 0.506 e. The zero-order chi connectivity index (χ0) is 21.8. The normalized spacial score (nSPS) is 11.3. The van der Waals surface area contributed by atoms with Gasteiger partial charge < -0.3 is 5.11 Å². The van der Waals surface area contributed by atoms with Crippen molar-refractivity contribution in [3.8, 4) is 5.75 Å². The van der Waals surface area contributed by atoms with Gasteiger partial charge in [0.1, 0.15) is 5.75 Å². The molecule has 0 aliphatic rings. The van der Waals surface area contributed by atoms with Gasteiger partial charge in [0.2, 0.25) is 0 Å². The summed E-state index contributed by atoms with van der Waals surface area (Å²) >= 11 is 9.98. The van der Waals surface area contributed by atoms with Crippen molar-refractivity contribution in [3.63, 3.8) is 0 Å². The van der Waals surface area contributed by atoms with Gasteiger partial charge in [-0.25, -0.2) is 10.4 Å². The number of para-hydroxylation sites is 1. The quantitative estimate of drug-likeness (QED) is 0.154. The average Bonchev–Trinajstić information content (AvgIpc) is 3.19. The van der Waals surface area contributed by atoms with Gasteiger partial charge >= 0.3 is 0 Å². The van der Waals surface area contributed by atoms with Crippen LogP contribution in [0.25, 0.3) is 10.2 Å². The number of hydrazone groups is 1. The van der Waals surface area contributed by atoms with Gasteiger partial charge in [-0.2, -0.15) is 5.10 Å². The highest BCUT2D eigenvalue weighted by Crippen LogP contribution is 2.32. The first-order chi connectivity index (χ1) is 15.0. The molecule has 0 spiro atoms. The molecular weight excluding hydrogens is 562 g/mol. The SMILES string of the molecule is O=C(N/N=C\c1cc(Br)cc(Br)c1O)c1ccc(CSc2nc3ccccc3s2)cc1. The Morgan fingerprint density at radius 1 is 1.16 bits per heavy atom. The van der Waals surface area contributed by atoms with Crippen LogP contribution in [-0.2, 0) is 5.75 Å². The number of amides is 1. The topological polar surface area (TPSA) is 74.6 Å². The number of phenols is 1. The molecule has 0 atom stereocenters. The Balaban J connectivity index is 1.34. The highest BCUT2D eigenvalue weighted by molar-refractivity contribution is 9.11. The number of fused-ring (bicyclic) bond motifs is 1. The van der Waals surface area contributed by atoms with Gasteiger partial charge in [-0.05, 0) is 57.9 Å². The van der Waals surface area contributed by atoms with Gasteiger partial charge in [0.15, 0.2) is 4.34 Å². The summed E-state index contributed by atoms with van der Waals surface area (Å²) in [4.78, 5) is 17.0. The van der Waals surface area contributed by atoms with E-state index in [9.17, 15) is 9.90 Å². The molecule has 1 amide bonds. The van der Waals surface area contributed by atoms with E-state index in [1.807, 2.05) is 30.3 Å². The Bertz CT molecular complexity index is 1240. The predicted octanol–water partition coefficient (Wildman–Crippen LogP) is 6.58. The van der Waals surface area contributed by atoms with Crippen LogP contribution in [0.3, 0.4) is 0 Å². The third-order valence-electron chi connectivity index (χ3n) is 4.28. The van der Waals surface area contributed by atoms with Crippen LogP contribution in [0.15, 0.2) is 79.1 Å². The van der Waals surface area contributed by atoms with Crippen molar-refractivity contribution in [2.75, 3.05) is 0 Å². The van der Waals surface area contributed by atoms with Crippen LogP contribution in [0.2, 0.25) is 0 Å². The second-order valence-electron chi connectivity index (χ2n) is 6.46. The van der Waals surface area contributed by atoms with Crippen LogP contribution in [0, 0.1) is 0 Å². The van der Waals surface area contributed by atoms with E-state index >= 15 is 0 Å². The summed E-state index contributed by atoms with van der Waals surface area (Å²) in [5.41, 5.74) is 5.59. The minimum atomic E-state index is -0.324. The molecule has 0 bridgehead atoms. The molecule has 4 aromatic rings. The molecule has 0 radical (unpaired) electrons. The first-order valence-electron chi connectivity index (χ1n) is 9.08. The first-order valence-corrected chi connectivity index (χ1v) is 12.5. The standard InChI is InChI=1S/C22H15Br2N3O2S2/c23-16-9-15(20(28)17(24)10-16)11-25-27-21(29)14-7-5-13(6-8-14)12-30-22-26-18-3-1-2-4-19(18)31-22/h1-11,28H,12H2,(H,27,29)/b25-11-. The second-order valence-corrected chi connectivity index (χ2v) is 10.5. The molecule has 2 N–H and O–H groups in total. The van der Waals surface area contributed by atoms with E-state index in [-0.39, 0.29) is 11.7 Å². The Labute approximate surface area is 203 Å². The Morgan fingerprint density at radius 3 is 2.71 bits per heavy atom. The van der Waals surface area contributed by atoms with Crippen molar-refractivity contribution in [2.24, 2.45) is 5.10 Å². The van der Waals surface area contributed by atoms with E-state index < -0.39 is 0 Å². The van der Waals surface area contributed by atoms with Gasteiger partial charge in [-0.15, -0.1) is 11.3 Å². The number of carbonyl (C=O) groups excluding carboxylic acids is 1. The molecule has 5 nitrogen and oxygen atoms in total. The number of phenolic OH excluding ortho intramolecular Hbond substituents is 1. The minimum Gasteiger partial charge on any atom is -0.506 e. The number of thiazole rings is 1.